The van der Waals surface area contributed by atoms with Crippen molar-refractivity contribution >= 4 is 10.9 Å². The number of fused-ring (bicyclic) bond motifs is 1. The van der Waals surface area contributed by atoms with Crippen molar-refractivity contribution in [2.75, 3.05) is 0 Å². The maximum absolute atomic E-state index is 9.92. The van der Waals surface area contributed by atoms with Crippen molar-refractivity contribution in [1.82, 2.24) is 4.98 Å². The van der Waals surface area contributed by atoms with Gasteiger partial charge in [0.1, 0.15) is 5.75 Å². The Balaban J connectivity index is 2.34. The zero-order chi connectivity index (χ0) is 11.8. The molecule has 0 aliphatic rings. The van der Waals surface area contributed by atoms with Gasteiger partial charge in [0.25, 0.3) is 0 Å². The Morgan fingerprint density at radius 2 is 1.71 bits per heavy atom. The van der Waals surface area contributed by atoms with E-state index in [1.54, 1.807) is 6.07 Å². The summed E-state index contributed by atoms with van der Waals surface area (Å²) in [5.74, 6) is 0.312. The van der Waals surface area contributed by atoms with Crippen LogP contribution in [-0.4, -0.2) is 10.1 Å². The Labute approximate surface area is 99.5 Å². The van der Waals surface area contributed by atoms with Crippen molar-refractivity contribution in [3.63, 3.8) is 0 Å². The van der Waals surface area contributed by atoms with E-state index < -0.39 is 0 Å². The summed E-state index contributed by atoms with van der Waals surface area (Å²) in [6.45, 7) is 2.04. The van der Waals surface area contributed by atoms with Gasteiger partial charge < -0.3 is 10.1 Å². The molecule has 0 aliphatic carbocycles. The molecular weight excluding hydrogens is 210 g/mol. The van der Waals surface area contributed by atoms with Gasteiger partial charge in [0.2, 0.25) is 0 Å². The molecule has 0 fully saturated rings. The van der Waals surface area contributed by atoms with Crippen LogP contribution < -0.4 is 0 Å². The average Bonchev–Trinajstić information content (AvgIpc) is 2.70. The number of hydrogen-bond acceptors (Lipinski definition) is 1. The maximum Gasteiger partial charge on any atom is 0.123 e. The normalized spacial score (nSPS) is 10.9. The molecule has 0 radical (unpaired) electrons. The highest BCUT2D eigenvalue weighted by molar-refractivity contribution is 5.95. The number of phenolic OH excluding ortho intramolecular Hbond substituents is 1. The Morgan fingerprint density at radius 1 is 0.941 bits per heavy atom. The number of aromatic amines is 1. The largest absolute Gasteiger partial charge is 0.507 e. The molecule has 2 N–H and O–H groups in total. The molecule has 2 heteroatoms. The van der Waals surface area contributed by atoms with Gasteiger partial charge in [0, 0.05) is 22.2 Å². The van der Waals surface area contributed by atoms with Crippen molar-refractivity contribution < 1.29 is 5.11 Å². The lowest BCUT2D eigenvalue weighted by atomic mass is 10.0. The van der Waals surface area contributed by atoms with Crippen LogP contribution in [0.5, 0.6) is 5.75 Å². The highest BCUT2D eigenvalue weighted by atomic mass is 16.3. The average molecular weight is 223 g/mol. The zero-order valence-corrected chi connectivity index (χ0v) is 9.57. The summed E-state index contributed by atoms with van der Waals surface area (Å²) in [5, 5.41) is 11.1. The van der Waals surface area contributed by atoms with E-state index in [9.17, 15) is 5.11 Å². The van der Waals surface area contributed by atoms with E-state index in [1.165, 1.54) is 5.39 Å². The molecule has 3 rings (SSSR count). The van der Waals surface area contributed by atoms with Crippen LogP contribution in [0.1, 0.15) is 5.69 Å². The summed E-state index contributed by atoms with van der Waals surface area (Å²) in [6, 6.07) is 15.6. The van der Waals surface area contributed by atoms with Crippen LogP contribution in [0.4, 0.5) is 0 Å². The predicted octanol–water partition coefficient (Wildman–Crippen LogP) is 3.85. The van der Waals surface area contributed by atoms with E-state index in [2.05, 4.69) is 17.1 Å². The van der Waals surface area contributed by atoms with Gasteiger partial charge in [-0.1, -0.05) is 36.4 Å². The van der Waals surface area contributed by atoms with Gasteiger partial charge in [0.05, 0.1) is 5.52 Å². The third-order valence-corrected chi connectivity index (χ3v) is 2.99. The summed E-state index contributed by atoms with van der Waals surface area (Å²) in [7, 11) is 0. The molecule has 0 aliphatic heterocycles. The summed E-state index contributed by atoms with van der Waals surface area (Å²) < 4.78 is 0. The summed E-state index contributed by atoms with van der Waals surface area (Å²) in [6.07, 6.45) is 0. The van der Waals surface area contributed by atoms with Gasteiger partial charge >= 0.3 is 0 Å². The molecule has 0 atom stereocenters. The summed E-state index contributed by atoms with van der Waals surface area (Å²) in [5.41, 5.74) is 4.10. The highest BCUT2D eigenvalue weighted by Gasteiger charge is 2.08. The van der Waals surface area contributed by atoms with E-state index in [-0.39, 0.29) is 0 Å². The molecule has 0 amide bonds. The standard InChI is InChI=1S/C15H13NO/c1-10-9-11-5-4-7-13(15(11)16-10)12-6-2-3-8-14(12)17/h2-9,16-17H,1H3. The Bertz CT molecular complexity index is 682. The van der Waals surface area contributed by atoms with Crippen LogP contribution in [0.2, 0.25) is 0 Å². The van der Waals surface area contributed by atoms with Gasteiger partial charge in [0.15, 0.2) is 0 Å². The van der Waals surface area contributed by atoms with E-state index in [1.807, 2.05) is 37.3 Å². The minimum Gasteiger partial charge on any atom is -0.507 e. The molecule has 0 unspecified atom stereocenters. The summed E-state index contributed by atoms with van der Waals surface area (Å²) in [4.78, 5) is 3.34. The lowest BCUT2D eigenvalue weighted by molar-refractivity contribution is 0.477. The smallest absolute Gasteiger partial charge is 0.123 e. The number of aromatic hydroxyl groups is 1. The van der Waals surface area contributed by atoms with Gasteiger partial charge in [-0.05, 0) is 19.1 Å². The van der Waals surface area contributed by atoms with E-state index in [0.29, 0.717) is 5.75 Å². The van der Waals surface area contributed by atoms with Crippen LogP contribution in [0.3, 0.4) is 0 Å². The van der Waals surface area contributed by atoms with Crippen LogP contribution in [-0.2, 0) is 0 Å². The number of nitrogens with one attached hydrogen (secondary N) is 1. The number of aryl methyl sites for hydroxylation is 1. The second-order valence-corrected chi connectivity index (χ2v) is 4.24. The molecule has 0 saturated heterocycles. The second-order valence-electron chi connectivity index (χ2n) is 4.24. The van der Waals surface area contributed by atoms with E-state index in [4.69, 9.17) is 0 Å². The van der Waals surface area contributed by atoms with Crippen molar-refractivity contribution in [1.29, 1.82) is 0 Å². The lowest BCUT2D eigenvalue weighted by Crippen LogP contribution is -1.81. The van der Waals surface area contributed by atoms with Gasteiger partial charge in [-0.15, -0.1) is 0 Å². The Hall–Kier alpha value is -2.22. The lowest BCUT2D eigenvalue weighted by Gasteiger charge is -2.05. The minimum absolute atomic E-state index is 0.312. The first kappa shape index (κ1) is 9.97. The molecule has 2 nitrogen and oxygen atoms in total. The first-order valence-electron chi connectivity index (χ1n) is 5.62. The van der Waals surface area contributed by atoms with Crippen LogP contribution in [0.25, 0.3) is 22.0 Å². The number of phenols is 1. The molecule has 1 heterocycles. The highest BCUT2D eigenvalue weighted by Crippen LogP contribution is 2.33. The number of aromatic nitrogens is 1. The minimum atomic E-state index is 0.312. The summed E-state index contributed by atoms with van der Waals surface area (Å²) >= 11 is 0. The van der Waals surface area contributed by atoms with Gasteiger partial charge in [-0.2, -0.15) is 0 Å². The zero-order valence-electron chi connectivity index (χ0n) is 9.57. The van der Waals surface area contributed by atoms with Crippen molar-refractivity contribution in [3.8, 4) is 16.9 Å². The quantitative estimate of drug-likeness (QED) is 0.645. The maximum atomic E-state index is 9.92. The number of benzene rings is 2. The molecular formula is C15H13NO. The predicted molar refractivity (Wildman–Crippen MR) is 70.1 cm³/mol. The number of rotatable bonds is 1. The molecule has 2 aromatic carbocycles. The third kappa shape index (κ3) is 1.58. The molecule has 1 aromatic heterocycles. The Morgan fingerprint density at radius 3 is 2.53 bits per heavy atom. The van der Waals surface area contributed by atoms with Gasteiger partial charge in [-0.25, -0.2) is 0 Å². The molecule has 84 valence electrons. The topological polar surface area (TPSA) is 36.0 Å². The fraction of sp³-hybridized carbons (Fsp3) is 0.0667. The van der Waals surface area contributed by atoms with E-state index in [0.717, 1.165) is 22.3 Å². The monoisotopic (exact) mass is 223 g/mol. The second kappa shape index (κ2) is 3.67. The van der Waals surface area contributed by atoms with E-state index >= 15 is 0 Å². The molecule has 17 heavy (non-hydrogen) atoms. The fourth-order valence-electron chi connectivity index (χ4n) is 2.22. The van der Waals surface area contributed by atoms with Crippen LogP contribution >= 0.6 is 0 Å². The van der Waals surface area contributed by atoms with Crippen molar-refractivity contribution in [3.05, 3.63) is 54.2 Å². The van der Waals surface area contributed by atoms with Crippen LogP contribution in [0.15, 0.2) is 48.5 Å². The van der Waals surface area contributed by atoms with Gasteiger partial charge in [-0.3, -0.25) is 0 Å². The number of H-pyrrole nitrogens is 1. The SMILES string of the molecule is Cc1cc2cccc(-c3ccccc3O)c2[nH]1. The molecule has 0 saturated carbocycles. The first-order chi connectivity index (χ1) is 8.25. The Kier molecular flexibility index (Phi) is 2.15. The third-order valence-electron chi connectivity index (χ3n) is 2.99. The molecule has 0 bridgehead atoms. The first-order valence-corrected chi connectivity index (χ1v) is 5.62. The number of hydrogen-bond donors (Lipinski definition) is 2. The molecule has 0 spiro atoms. The van der Waals surface area contributed by atoms with Crippen molar-refractivity contribution in [2.45, 2.75) is 6.92 Å². The molecule has 3 aromatic rings. The number of para-hydroxylation sites is 2. The van der Waals surface area contributed by atoms with Crippen LogP contribution in [0, 0.1) is 6.92 Å². The van der Waals surface area contributed by atoms with Crippen molar-refractivity contribution in [2.24, 2.45) is 0 Å². The fourth-order valence-corrected chi connectivity index (χ4v) is 2.22.